The van der Waals surface area contributed by atoms with Crippen molar-refractivity contribution < 1.29 is 13.2 Å². The summed E-state index contributed by atoms with van der Waals surface area (Å²) in [5.74, 6) is 0. The Bertz CT molecular complexity index is 1380. The molecular formula is C26H24ClN3O3S. The van der Waals surface area contributed by atoms with Crippen molar-refractivity contribution >= 4 is 49.8 Å². The van der Waals surface area contributed by atoms with Crippen LogP contribution in [0.3, 0.4) is 0 Å². The molecule has 0 aliphatic heterocycles. The maximum absolute atomic E-state index is 13.0. The summed E-state index contributed by atoms with van der Waals surface area (Å²) in [6.45, 7) is 0.510. The Morgan fingerprint density at radius 3 is 2.24 bits per heavy atom. The average molecular weight is 494 g/mol. The van der Waals surface area contributed by atoms with Gasteiger partial charge in [-0.15, -0.1) is 0 Å². The Hall–Kier alpha value is -3.39. The first-order valence-electron chi connectivity index (χ1n) is 10.8. The fourth-order valence-corrected chi connectivity index (χ4v) is 4.78. The summed E-state index contributed by atoms with van der Waals surface area (Å²) in [6.07, 6.45) is 0.426. The molecule has 2 amide bonds. The van der Waals surface area contributed by atoms with Crippen molar-refractivity contribution in [3.05, 3.63) is 102 Å². The fourth-order valence-electron chi connectivity index (χ4n) is 3.54. The second-order valence-corrected chi connectivity index (χ2v) is 9.89. The molecule has 174 valence electrons. The number of urea groups is 1. The Morgan fingerprint density at radius 1 is 0.824 bits per heavy atom. The maximum Gasteiger partial charge on any atom is 0.326 e. The quantitative estimate of drug-likeness (QED) is 0.300. The van der Waals surface area contributed by atoms with Crippen molar-refractivity contribution in [2.24, 2.45) is 0 Å². The molecule has 0 aliphatic rings. The van der Waals surface area contributed by atoms with Crippen LogP contribution in [-0.2, 0) is 10.0 Å². The number of hydrogen-bond donors (Lipinski definition) is 2. The van der Waals surface area contributed by atoms with Crippen LogP contribution in [0.1, 0.15) is 6.42 Å². The minimum atomic E-state index is -3.67. The molecule has 0 saturated heterocycles. The second-order valence-electron chi connectivity index (χ2n) is 7.68. The number of para-hydroxylation sites is 1. The van der Waals surface area contributed by atoms with Crippen molar-refractivity contribution in [2.75, 3.05) is 23.3 Å². The highest BCUT2D eigenvalue weighted by Gasteiger charge is 2.17. The molecule has 0 aromatic heterocycles. The molecule has 0 radical (unpaired) electrons. The summed E-state index contributed by atoms with van der Waals surface area (Å²) in [6, 6.07) is 28.4. The minimum Gasteiger partial charge on any atom is -0.308 e. The summed E-state index contributed by atoms with van der Waals surface area (Å²) in [5.41, 5.74) is 1.33. The number of rotatable bonds is 8. The van der Waals surface area contributed by atoms with Crippen LogP contribution in [0.2, 0.25) is 5.02 Å². The van der Waals surface area contributed by atoms with Gasteiger partial charge in [0.25, 0.3) is 0 Å². The van der Waals surface area contributed by atoms with Crippen molar-refractivity contribution in [1.82, 2.24) is 4.72 Å². The Balaban J connectivity index is 1.40. The van der Waals surface area contributed by atoms with Gasteiger partial charge >= 0.3 is 6.03 Å². The lowest BCUT2D eigenvalue weighted by Crippen LogP contribution is -2.37. The number of benzene rings is 4. The summed E-state index contributed by atoms with van der Waals surface area (Å²) in [4.78, 5) is 14.8. The van der Waals surface area contributed by atoms with Gasteiger partial charge < -0.3 is 5.32 Å². The smallest absolute Gasteiger partial charge is 0.308 e. The number of amides is 2. The number of nitrogens with zero attached hydrogens (tertiary/aromatic N) is 1. The molecule has 0 spiro atoms. The van der Waals surface area contributed by atoms with E-state index in [0.717, 1.165) is 10.8 Å². The molecule has 0 bridgehead atoms. The molecule has 0 heterocycles. The van der Waals surface area contributed by atoms with Crippen LogP contribution in [-0.4, -0.2) is 27.5 Å². The Morgan fingerprint density at radius 2 is 1.50 bits per heavy atom. The Kier molecular flexibility index (Phi) is 7.47. The van der Waals surface area contributed by atoms with E-state index in [1.165, 1.54) is 0 Å². The van der Waals surface area contributed by atoms with Crippen LogP contribution < -0.4 is 14.9 Å². The predicted molar refractivity (Wildman–Crippen MR) is 138 cm³/mol. The topological polar surface area (TPSA) is 78.5 Å². The molecule has 8 heteroatoms. The third-order valence-corrected chi connectivity index (χ3v) is 7.00. The third-order valence-electron chi connectivity index (χ3n) is 5.29. The number of carbonyl (C=O) groups is 1. The van der Waals surface area contributed by atoms with E-state index in [-0.39, 0.29) is 17.5 Å². The molecule has 4 rings (SSSR count). The van der Waals surface area contributed by atoms with Crippen LogP contribution in [0.5, 0.6) is 0 Å². The number of hydrogen-bond acceptors (Lipinski definition) is 3. The zero-order chi connectivity index (χ0) is 24.0. The first kappa shape index (κ1) is 23.8. The van der Waals surface area contributed by atoms with Gasteiger partial charge in [-0.1, -0.05) is 60.1 Å². The van der Waals surface area contributed by atoms with E-state index in [4.69, 9.17) is 11.6 Å². The normalized spacial score (nSPS) is 11.3. The number of halogens is 1. The first-order valence-corrected chi connectivity index (χ1v) is 12.7. The molecule has 0 unspecified atom stereocenters. The van der Waals surface area contributed by atoms with Gasteiger partial charge in [-0.3, -0.25) is 4.90 Å². The van der Waals surface area contributed by atoms with Crippen LogP contribution in [0.4, 0.5) is 16.2 Å². The van der Waals surface area contributed by atoms with Crippen LogP contribution >= 0.6 is 11.6 Å². The standard InChI is InChI=1S/C26H24ClN3O3S/c27-22-12-14-23(15-13-22)29-26(31)30(24-9-2-1-3-10-24)18-6-17-28-34(32,33)25-16-11-20-7-4-5-8-21(20)19-25/h1-5,7-16,19,28H,6,17-18H2,(H,29,31). The zero-order valence-electron chi connectivity index (χ0n) is 18.3. The minimum absolute atomic E-state index is 0.187. The zero-order valence-corrected chi connectivity index (χ0v) is 19.9. The molecule has 0 aliphatic carbocycles. The van der Waals surface area contributed by atoms with E-state index >= 15 is 0 Å². The molecule has 0 saturated carbocycles. The molecular weight excluding hydrogens is 470 g/mol. The number of carbonyl (C=O) groups excluding carboxylic acids is 1. The lowest BCUT2D eigenvalue weighted by molar-refractivity contribution is 0.257. The van der Waals surface area contributed by atoms with Gasteiger partial charge in [-0.05, 0) is 65.7 Å². The summed E-state index contributed by atoms with van der Waals surface area (Å²) in [7, 11) is -3.67. The summed E-state index contributed by atoms with van der Waals surface area (Å²) in [5, 5.41) is 5.28. The lowest BCUT2D eigenvalue weighted by Gasteiger charge is -2.23. The number of fused-ring (bicyclic) bond motifs is 1. The van der Waals surface area contributed by atoms with Crippen molar-refractivity contribution in [1.29, 1.82) is 0 Å². The van der Waals surface area contributed by atoms with Gasteiger partial charge in [-0.2, -0.15) is 0 Å². The monoisotopic (exact) mass is 493 g/mol. The number of sulfonamides is 1. The van der Waals surface area contributed by atoms with E-state index < -0.39 is 10.0 Å². The Labute approximate surface area is 204 Å². The molecule has 6 nitrogen and oxygen atoms in total. The maximum atomic E-state index is 13.0. The van der Waals surface area contributed by atoms with Gasteiger partial charge in [-0.25, -0.2) is 17.9 Å². The van der Waals surface area contributed by atoms with E-state index in [2.05, 4.69) is 10.0 Å². The van der Waals surface area contributed by atoms with Gasteiger partial charge in [0, 0.05) is 29.5 Å². The third kappa shape index (κ3) is 5.94. The first-order chi connectivity index (χ1) is 16.4. The second kappa shape index (κ2) is 10.7. The molecule has 2 N–H and O–H groups in total. The molecule has 0 fully saturated rings. The van der Waals surface area contributed by atoms with Crippen molar-refractivity contribution in [3.63, 3.8) is 0 Å². The molecule has 4 aromatic carbocycles. The van der Waals surface area contributed by atoms with Crippen LogP contribution in [0.15, 0.2) is 102 Å². The highest BCUT2D eigenvalue weighted by atomic mass is 35.5. The predicted octanol–water partition coefficient (Wildman–Crippen LogP) is 5.90. The molecule has 4 aromatic rings. The van der Waals surface area contributed by atoms with Gasteiger partial charge in [0.1, 0.15) is 0 Å². The largest absolute Gasteiger partial charge is 0.326 e. The number of nitrogens with one attached hydrogen (secondary N) is 2. The molecule has 0 atom stereocenters. The van der Waals surface area contributed by atoms with E-state index in [0.29, 0.717) is 29.4 Å². The molecule has 34 heavy (non-hydrogen) atoms. The SMILES string of the molecule is O=C(Nc1ccc(Cl)cc1)N(CCCNS(=O)(=O)c1ccc2ccccc2c1)c1ccccc1. The van der Waals surface area contributed by atoms with Crippen LogP contribution in [0, 0.1) is 0 Å². The van der Waals surface area contributed by atoms with Crippen LogP contribution in [0.25, 0.3) is 10.8 Å². The fraction of sp³-hybridized carbons (Fsp3) is 0.115. The number of anilines is 2. The van der Waals surface area contributed by atoms with Crippen molar-refractivity contribution in [2.45, 2.75) is 11.3 Å². The summed E-state index contributed by atoms with van der Waals surface area (Å²) < 4.78 is 28.2. The van der Waals surface area contributed by atoms with Gasteiger partial charge in [0.2, 0.25) is 10.0 Å². The highest BCUT2D eigenvalue weighted by molar-refractivity contribution is 7.89. The van der Waals surface area contributed by atoms with Crippen molar-refractivity contribution in [3.8, 4) is 0 Å². The lowest BCUT2D eigenvalue weighted by atomic mass is 10.1. The highest BCUT2D eigenvalue weighted by Crippen LogP contribution is 2.20. The van der Waals surface area contributed by atoms with Gasteiger partial charge in [0.05, 0.1) is 4.90 Å². The van der Waals surface area contributed by atoms with E-state index in [1.807, 2.05) is 54.6 Å². The van der Waals surface area contributed by atoms with Gasteiger partial charge in [0.15, 0.2) is 0 Å². The van der Waals surface area contributed by atoms with E-state index in [9.17, 15) is 13.2 Å². The summed E-state index contributed by atoms with van der Waals surface area (Å²) >= 11 is 5.92. The van der Waals surface area contributed by atoms with E-state index in [1.54, 1.807) is 47.4 Å². The average Bonchev–Trinajstić information content (AvgIpc) is 2.85.